The molecule has 3 N–H and O–H groups in total. The number of H-pyrrole nitrogens is 2. The van der Waals surface area contributed by atoms with Crippen LogP contribution in [-0.2, 0) is 16.0 Å². The van der Waals surface area contributed by atoms with E-state index in [0.717, 1.165) is 12.8 Å². The summed E-state index contributed by atoms with van der Waals surface area (Å²) in [6.07, 6.45) is 2.54. The highest BCUT2D eigenvalue weighted by molar-refractivity contribution is 5.97. The first-order valence-electron chi connectivity index (χ1n) is 9.49. The zero-order chi connectivity index (χ0) is 21.0. The van der Waals surface area contributed by atoms with Crippen molar-refractivity contribution in [2.75, 3.05) is 23.9 Å². The number of carbonyl (C=O) groups is 2. The molecule has 154 valence electrons. The molecule has 1 aromatic heterocycles. The molecule has 0 aliphatic carbocycles. The number of rotatable bonds is 6. The van der Waals surface area contributed by atoms with Gasteiger partial charge < -0.3 is 19.9 Å². The highest BCUT2D eigenvalue weighted by atomic mass is 16.5. The van der Waals surface area contributed by atoms with E-state index in [2.05, 4.69) is 15.3 Å². The zero-order valence-corrected chi connectivity index (χ0v) is 16.5. The summed E-state index contributed by atoms with van der Waals surface area (Å²) in [6, 6.07) is 5.13. The number of hydrogen-bond acceptors (Lipinski definition) is 5. The zero-order valence-electron chi connectivity index (χ0n) is 16.5. The molecule has 0 bridgehead atoms. The lowest BCUT2D eigenvalue weighted by atomic mass is 10.1. The van der Waals surface area contributed by atoms with E-state index in [0.29, 0.717) is 41.3 Å². The average Bonchev–Trinajstić information content (AvgIpc) is 2.67. The van der Waals surface area contributed by atoms with Gasteiger partial charge in [-0.1, -0.05) is 0 Å². The van der Waals surface area contributed by atoms with E-state index in [9.17, 15) is 19.2 Å². The van der Waals surface area contributed by atoms with Crippen LogP contribution in [0.4, 0.5) is 11.4 Å². The summed E-state index contributed by atoms with van der Waals surface area (Å²) in [5.41, 5.74) is 0.920. The van der Waals surface area contributed by atoms with Gasteiger partial charge in [0.05, 0.1) is 12.8 Å². The fourth-order valence-electron chi connectivity index (χ4n) is 3.43. The van der Waals surface area contributed by atoms with Crippen LogP contribution in [-0.4, -0.2) is 35.4 Å². The molecule has 1 fully saturated rings. The van der Waals surface area contributed by atoms with Crippen molar-refractivity contribution >= 4 is 23.2 Å². The Morgan fingerprint density at radius 2 is 2.00 bits per heavy atom. The predicted octanol–water partition coefficient (Wildman–Crippen LogP) is 1.47. The number of piperidine rings is 1. The Morgan fingerprint density at radius 3 is 2.69 bits per heavy atom. The number of amides is 2. The molecule has 0 saturated carbocycles. The Labute approximate surface area is 167 Å². The van der Waals surface area contributed by atoms with Gasteiger partial charge in [0.1, 0.15) is 5.75 Å². The maximum Gasteiger partial charge on any atom is 0.325 e. The third-order valence-corrected chi connectivity index (χ3v) is 4.93. The molecule has 9 heteroatoms. The molecule has 29 heavy (non-hydrogen) atoms. The molecule has 1 saturated heterocycles. The maximum atomic E-state index is 12.4. The quantitative estimate of drug-likeness (QED) is 0.677. The van der Waals surface area contributed by atoms with Gasteiger partial charge in [0.25, 0.3) is 5.56 Å². The van der Waals surface area contributed by atoms with Gasteiger partial charge in [-0.25, -0.2) is 4.79 Å². The van der Waals surface area contributed by atoms with E-state index in [1.54, 1.807) is 30.0 Å². The lowest BCUT2D eigenvalue weighted by Crippen LogP contribution is -2.35. The minimum Gasteiger partial charge on any atom is -0.495 e. The smallest absolute Gasteiger partial charge is 0.325 e. The fraction of sp³-hybridized carbons (Fsp3) is 0.400. The SMILES string of the molecule is COc1ccc(NC(=O)CCc2c(C)[nH]c(=O)[nH]c2=O)cc1N1CCCCC1=O. The number of benzene rings is 1. The molecule has 0 spiro atoms. The van der Waals surface area contributed by atoms with E-state index in [1.165, 1.54) is 7.11 Å². The van der Waals surface area contributed by atoms with Crippen molar-refractivity contribution < 1.29 is 14.3 Å². The Hall–Kier alpha value is -3.36. The third-order valence-electron chi connectivity index (χ3n) is 4.93. The van der Waals surface area contributed by atoms with Crippen LogP contribution in [0.1, 0.15) is 36.9 Å². The number of carbonyl (C=O) groups excluding carboxylic acids is 2. The molecule has 1 aliphatic heterocycles. The van der Waals surface area contributed by atoms with Gasteiger partial charge in [-0.05, 0) is 44.4 Å². The van der Waals surface area contributed by atoms with Crippen molar-refractivity contribution in [2.24, 2.45) is 0 Å². The van der Waals surface area contributed by atoms with Crippen LogP contribution in [0.3, 0.4) is 0 Å². The van der Waals surface area contributed by atoms with E-state index in [-0.39, 0.29) is 24.7 Å². The van der Waals surface area contributed by atoms with E-state index >= 15 is 0 Å². The molecule has 9 nitrogen and oxygen atoms in total. The normalized spacial score (nSPS) is 14.0. The average molecular weight is 400 g/mol. The first kappa shape index (κ1) is 20.4. The van der Waals surface area contributed by atoms with Crippen molar-refractivity contribution in [2.45, 2.75) is 39.0 Å². The lowest BCUT2D eigenvalue weighted by Gasteiger charge is -2.28. The molecule has 2 heterocycles. The van der Waals surface area contributed by atoms with E-state index < -0.39 is 11.2 Å². The Morgan fingerprint density at radius 1 is 1.21 bits per heavy atom. The third kappa shape index (κ3) is 4.74. The van der Waals surface area contributed by atoms with Crippen LogP contribution in [0.25, 0.3) is 0 Å². The Kier molecular flexibility index (Phi) is 6.16. The molecule has 1 aromatic carbocycles. The van der Waals surface area contributed by atoms with Crippen molar-refractivity contribution in [3.63, 3.8) is 0 Å². The summed E-state index contributed by atoms with van der Waals surface area (Å²) in [4.78, 5) is 54.2. The molecule has 2 aromatic rings. The number of nitrogens with one attached hydrogen (secondary N) is 3. The molecular formula is C20H24N4O5. The number of aryl methyl sites for hydroxylation is 1. The number of hydrogen-bond donors (Lipinski definition) is 3. The van der Waals surface area contributed by atoms with Crippen molar-refractivity contribution in [3.8, 4) is 5.75 Å². The molecule has 2 amide bonds. The number of anilines is 2. The predicted molar refractivity (Wildman–Crippen MR) is 109 cm³/mol. The minimum absolute atomic E-state index is 0.0331. The van der Waals surface area contributed by atoms with Gasteiger partial charge in [-0.15, -0.1) is 0 Å². The number of aromatic amines is 2. The number of methoxy groups -OCH3 is 1. The van der Waals surface area contributed by atoms with Gasteiger partial charge in [0, 0.05) is 36.3 Å². The van der Waals surface area contributed by atoms with Crippen LogP contribution in [0.5, 0.6) is 5.75 Å². The summed E-state index contributed by atoms with van der Waals surface area (Å²) in [6.45, 7) is 2.23. The molecule has 1 aliphatic rings. The van der Waals surface area contributed by atoms with Crippen molar-refractivity contribution in [1.82, 2.24) is 9.97 Å². The Bertz CT molecular complexity index is 1040. The summed E-state index contributed by atoms with van der Waals surface area (Å²) < 4.78 is 5.37. The first-order chi connectivity index (χ1) is 13.9. The summed E-state index contributed by atoms with van der Waals surface area (Å²) in [7, 11) is 1.54. The minimum atomic E-state index is -0.571. The molecule has 3 rings (SSSR count). The molecular weight excluding hydrogens is 376 g/mol. The molecule has 0 atom stereocenters. The second kappa shape index (κ2) is 8.76. The first-order valence-corrected chi connectivity index (χ1v) is 9.49. The van der Waals surface area contributed by atoms with Gasteiger partial charge >= 0.3 is 5.69 Å². The monoisotopic (exact) mass is 400 g/mol. The maximum absolute atomic E-state index is 12.4. The summed E-state index contributed by atoms with van der Waals surface area (Å²) >= 11 is 0. The second-order valence-corrected chi connectivity index (χ2v) is 6.95. The Balaban J connectivity index is 1.72. The number of ether oxygens (including phenoxy) is 1. The topological polar surface area (TPSA) is 124 Å². The number of nitrogens with zero attached hydrogens (tertiary/aromatic N) is 1. The lowest BCUT2D eigenvalue weighted by molar-refractivity contribution is -0.119. The highest BCUT2D eigenvalue weighted by Crippen LogP contribution is 2.33. The van der Waals surface area contributed by atoms with Gasteiger partial charge in [0.15, 0.2) is 0 Å². The van der Waals surface area contributed by atoms with Crippen LogP contribution in [0.2, 0.25) is 0 Å². The summed E-state index contributed by atoms with van der Waals surface area (Å²) in [5.74, 6) is 0.315. The fourth-order valence-corrected chi connectivity index (χ4v) is 3.43. The number of aromatic nitrogens is 2. The van der Waals surface area contributed by atoms with Gasteiger partial charge in [0.2, 0.25) is 11.8 Å². The second-order valence-electron chi connectivity index (χ2n) is 6.95. The van der Waals surface area contributed by atoms with Gasteiger partial charge in [-0.2, -0.15) is 0 Å². The molecule has 0 radical (unpaired) electrons. The van der Waals surface area contributed by atoms with E-state index in [1.807, 2.05) is 0 Å². The standard InChI is InChI=1S/C20H24N4O5/c1-12-14(19(27)23-20(28)21-12)7-9-17(25)22-13-6-8-16(29-2)15(11-13)24-10-4-3-5-18(24)26/h6,8,11H,3-5,7,9-10H2,1-2H3,(H,22,25)(H2,21,23,27,28). The van der Waals surface area contributed by atoms with Crippen molar-refractivity contribution in [3.05, 3.63) is 50.3 Å². The van der Waals surface area contributed by atoms with E-state index in [4.69, 9.17) is 4.74 Å². The van der Waals surface area contributed by atoms with Crippen LogP contribution < -0.4 is 26.2 Å². The van der Waals surface area contributed by atoms with Crippen LogP contribution in [0, 0.1) is 6.92 Å². The van der Waals surface area contributed by atoms with Crippen molar-refractivity contribution in [1.29, 1.82) is 0 Å². The molecule has 0 unspecified atom stereocenters. The highest BCUT2D eigenvalue weighted by Gasteiger charge is 2.23. The van der Waals surface area contributed by atoms with Crippen LogP contribution in [0.15, 0.2) is 27.8 Å². The van der Waals surface area contributed by atoms with Gasteiger partial charge in [-0.3, -0.25) is 19.4 Å². The largest absolute Gasteiger partial charge is 0.495 e. The summed E-state index contributed by atoms with van der Waals surface area (Å²) in [5, 5.41) is 2.79. The van der Waals surface area contributed by atoms with Crippen LogP contribution >= 0.6 is 0 Å².